The second kappa shape index (κ2) is 22.0. The lowest BCUT2D eigenvalue weighted by molar-refractivity contribution is -0.137. The standard InChI is InChI=1S/C41H25F3N4.C41H28N4/c1-24-12-17-37-31(20-24)28-8-4-6-10-35(28)47(37)39-19-16-30(27-15-14-26(41(42,43)44)22-34(27)46-3)40(33(39)23-45)48-36-11-7-5-9-29(36)32-21-25(2)13-18-38(32)48;1-25-12-17-38-33(20-25)30-8-4-6-10-36(30)44(38)40-19-16-32(29-15-14-28(23-42)22-27(29)3)41(35(40)24-43)45-37-11-7-5-9-31(37)34-21-26(2)13-18-39(34)45/h4-22H,1-2H3;4-22H,1-3H3. The molecule has 0 saturated carbocycles. The molecule has 0 bridgehead atoms. The first-order valence-corrected chi connectivity index (χ1v) is 30.4. The molecule has 4 aromatic heterocycles. The summed E-state index contributed by atoms with van der Waals surface area (Å²) in [5.41, 5.74) is 19.2. The molecule has 0 amide bonds. The maximum absolute atomic E-state index is 13.8. The van der Waals surface area contributed by atoms with Crippen molar-refractivity contribution >= 4 is 92.9 Å². The lowest BCUT2D eigenvalue weighted by Crippen LogP contribution is -2.07. The van der Waals surface area contributed by atoms with Crippen molar-refractivity contribution in [2.75, 3.05) is 0 Å². The van der Waals surface area contributed by atoms with E-state index in [0.717, 1.165) is 139 Å². The zero-order chi connectivity index (χ0) is 64.1. The van der Waals surface area contributed by atoms with Gasteiger partial charge in [-0.3, -0.25) is 0 Å². The minimum atomic E-state index is -4.61. The highest BCUT2D eigenvalue weighted by Crippen LogP contribution is 2.47. The van der Waals surface area contributed by atoms with Gasteiger partial charge >= 0.3 is 6.18 Å². The Hall–Kier alpha value is -12.4. The van der Waals surface area contributed by atoms with E-state index < -0.39 is 11.7 Å². The average molecular weight is 1210 g/mol. The molecule has 0 saturated heterocycles. The van der Waals surface area contributed by atoms with Crippen molar-refractivity contribution in [3.8, 4) is 63.2 Å². The van der Waals surface area contributed by atoms with Crippen LogP contribution in [0.5, 0.6) is 0 Å². The van der Waals surface area contributed by atoms with Crippen LogP contribution >= 0.6 is 0 Å². The van der Waals surface area contributed by atoms with Crippen molar-refractivity contribution in [2.24, 2.45) is 0 Å². The quantitative estimate of drug-likeness (QED) is 0.155. The summed E-state index contributed by atoms with van der Waals surface area (Å²) < 4.78 is 49.9. The van der Waals surface area contributed by atoms with Gasteiger partial charge in [-0.25, -0.2) is 4.85 Å². The molecular formula is C82H53F3N8. The highest BCUT2D eigenvalue weighted by atomic mass is 19.4. The summed E-state index contributed by atoms with van der Waals surface area (Å²) in [4.78, 5) is 3.55. The van der Waals surface area contributed by atoms with Gasteiger partial charge in [0.1, 0.15) is 23.3 Å². The van der Waals surface area contributed by atoms with Crippen molar-refractivity contribution in [3.63, 3.8) is 0 Å². The third-order valence-corrected chi connectivity index (χ3v) is 18.2. The van der Waals surface area contributed by atoms with E-state index in [1.165, 1.54) is 17.2 Å². The maximum atomic E-state index is 13.8. The molecule has 16 aromatic rings. The van der Waals surface area contributed by atoms with Crippen LogP contribution in [0.4, 0.5) is 18.9 Å². The van der Waals surface area contributed by atoms with Crippen LogP contribution in [-0.4, -0.2) is 18.3 Å². The molecule has 8 nitrogen and oxygen atoms in total. The van der Waals surface area contributed by atoms with Gasteiger partial charge in [0.05, 0.1) is 85.1 Å². The van der Waals surface area contributed by atoms with Gasteiger partial charge in [0.15, 0.2) is 5.69 Å². The van der Waals surface area contributed by atoms with Gasteiger partial charge in [-0.1, -0.05) is 150 Å². The molecule has 0 atom stereocenters. The number of aryl methyl sites for hydroxylation is 5. The molecule has 0 aliphatic heterocycles. The fourth-order valence-corrected chi connectivity index (χ4v) is 14.1. The summed E-state index contributed by atoms with van der Waals surface area (Å²) in [5, 5.41) is 40.6. The van der Waals surface area contributed by atoms with Crippen LogP contribution in [0.1, 0.15) is 50.1 Å². The van der Waals surface area contributed by atoms with Crippen molar-refractivity contribution in [2.45, 2.75) is 40.8 Å². The third-order valence-electron chi connectivity index (χ3n) is 18.2. The van der Waals surface area contributed by atoms with E-state index in [1.54, 1.807) is 0 Å². The summed E-state index contributed by atoms with van der Waals surface area (Å²) in [6.07, 6.45) is -4.61. The second-order valence-corrected chi connectivity index (χ2v) is 23.9. The van der Waals surface area contributed by atoms with E-state index in [-0.39, 0.29) is 5.69 Å². The lowest BCUT2D eigenvalue weighted by atomic mass is 9.94. The van der Waals surface area contributed by atoms with Crippen molar-refractivity contribution in [1.82, 2.24) is 18.3 Å². The monoisotopic (exact) mass is 1210 g/mol. The number of benzene rings is 12. The average Bonchev–Trinajstić information content (AvgIpc) is 1.62. The molecule has 0 radical (unpaired) electrons. The van der Waals surface area contributed by atoms with E-state index in [1.807, 2.05) is 116 Å². The normalized spacial score (nSPS) is 11.6. The summed E-state index contributed by atoms with van der Waals surface area (Å²) in [5.74, 6) is 0. The van der Waals surface area contributed by atoms with Crippen molar-refractivity contribution in [1.29, 1.82) is 15.8 Å². The Morgan fingerprint density at radius 3 is 1.05 bits per heavy atom. The van der Waals surface area contributed by atoms with Gasteiger partial charge in [-0.05, 0) is 160 Å². The predicted molar refractivity (Wildman–Crippen MR) is 370 cm³/mol. The summed E-state index contributed by atoms with van der Waals surface area (Å²) >= 11 is 0. The second-order valence-electron chi connectivity index (χ2n) is 23.9. The number of halogens is 3. The molecule has 0 aliphatic rings. The van der Waals surface area contributed by atoms with Crippen molar-refractivity contribution < 1.29 is 13.2 Å². The number of hydrogen-bond acceptors (Lipinski definition) is 3. The predicted octanol–water partition coefficient (Wildman–Crippen LogP) is 21.8. The Bertz CT molecular complexity index is 6060. The van der Waals surface area contributed by atoms with Crippen LogP contribution in [0.3, 0.4) is 0 Å². The highest BCUT2D eigenvalue weighted by Gasteiger charge is 2.33. The molecule has 12 aromatic carbocycles. The zero-order valence-electron chi connectivity index (χ0n) is 51.2. The Labute approximate surface area is 533 Å². The van der Waals surface area contributed by atoms with Crippen molar-refractivity contribution in [3.05, 3.63) is 292 Å². The largest absolute Gasteiger partial charge is 0.415 e. The Balaban J connectivity index is 0.000000154. The number of aromatic nitrogens is 4. The smallest absolute Gasteiger partial charge is 0.308 e. The van der Waals surface area contributed by atoms with Crippen LogP contribution in [-0.2, 0) is 6.18 Å². The number of rotatable bonds is 6. The summed E-state index contributed by atoms with van der Waals surface area (Å²) in [6, 6.07) is 82.5. The van der Waals surface area contributed by atoms with E-state index in [0.29, 0.717) is 39.2 Å². The molecule has 0 N–H and O–H groups in total. The number of alkyl halides is 3. The topological polar surface area (TPSA) is 95.4 Å². The molecular weight excluding hydrogens is 1150 g/mol. The van der Waals surface area contributed by atoms with Crippen LogP contribution in [0.15, 0.2) is 231 Å². The Kier molecular flexibility index (Phi) is 13.5. The first-order chi connectivity index (χ1) is 45.2. The summed E-state index contributed by atoms with van der Waals surface area (Å²) in [7, 11) is 0. The number of para-hydroxylation sites is 4. The van der Waals surface area contributed by atoms with Gasteiger partial charge in [-0.2, -0.15) is 29.0 Å². The molecule has 93 heavy (non-hydrogen) atoms. The van der Waals surface area contributed by atoms with Crippen LogP contribution < -0.4 is 0 Å². The molecule has 0 unspecified atom stereocenters. The number of hydrogen-bond donors (Lipinski definition) is 0. The Morgan fingerprint density at radius 2 is 0.688 bits per heavy atom. The minimum absolute atomic E-state index is 0.147. The first kappa shape index (κ1) is 57.1. The summed E-state index contributed by atoms with van der Waals surface area (Å²) in [6.45, 7) is 18.2. The van der Waals surface area contributed by atoms with Gasteiger partial charge in [0.2, 0.25) is 0 Å². The minimum Gasteiger partial charge on any atom is -0.308 e. The van der Waals surface area contributed by atoms with Gasteiger partial charge in [0.25, 0.3) is 0 Å². The van der Waals surface area contributed by atoms with Crippen LogP contribution in [0.2, 0.25) is 0 Å². The fraction of sp³-hybridized carbons (Fsp3) is 0.0732. The Morgan fingerprint density at radius 1 is 0.344 bits per heavy atom. The fourth-order valence-electron chi connectivity index (χ4n) is 14.1. The van der Waals surface area contributed by atoms with Gasteiger partial charge in [-0.15, -0.1) is 0 Å². The molecule has 0 aliphatic carbocycles. The SMILES string of the molecule is Cc1ccc2c(c1)c1ccccc1n2-c1ccc(-c2ccc(C#N)cc2C)c(-n2c3ccccc3c3cc(C)ccc32)c1C#N.[C-]#[N+]c1cc(C(F)(F)F)ccc1-c1ccc(-n2c3ccccc3c3cc(C)ccc32)c(C#N)c1-n1c2ccccc2c2cc(C)ccc21. The van der Waals surface area contributed by atoms with Crippen LogP contribution in [0.25, 0.3) is 137 Å². The molecule has 4 heterocycles. The van der Waals surface area contributed by atoms with Gasteiger partial charge in [0, 0.05) is 54.2 Å². The van der Waals surface area contributed by atoms with E-state index in [9.17, 15) is 29.0 Å². The zero-order valence-corrected chi connectivity index (χ0v) is 51.2. The van der Waals surface area contributed by atoms with E-state index in [2.05, 4.69) is 172 Å². The molecule has 442 valence electrons. The van der Waals surface area contributed by atoms with Crippen LogP contribution in [0, 0.1) is 75.2 Å². The molecule has 11 heteroatoms. The number of fused-ring (bicyclic) bond motifs is 12. The van der Waals surface area contributed by atoms with Gasteiger partial charge < -0.3 is 18.3 Å². The first-order valence-electron chi connectivity index (χ1n) is 30.4. The van der Waals surface area contributed by atoms with E-state index >= 15 is 0 Å². The number of nitriles is 3. The molecule has 0 spiro atoms. The number of nitrogens with zero attached hydrogens (tertiary/aromatic N) is 8. The third kappa shape index (κ3) is 9.09. The molecule has 16 rings (SSSR count). The van der Waals surface area contributed by atoms with E-state index in [4.69, 9.17) is 6.57 Å². The maximum Gasteiger partial charge on any atom is 0.415 e. The molecule has 0 fully saturated rings. The lowest BCUT2D eigenvalue weighted by Gasteiger charge is -2.21. The highest BCUT2D eigenvalue weighted by molar-refractivity contribution is 6.14.